The van der Waals surface area contributed by atoms with Gasteiger partial charge in [-0.1, -0.05) is 6.08 Å². The molecular formula is C25H30FN3O3S. The van der Waals surface area contributed by atoms with Crippen molar-refractivity contribution in [3.8, 4) is 11.8 Å². The summed E-state index contributed by atoms with van der Waals surface area (Å²) in [5, 5.41) is 0. The van der Waals surface area contributed by atoms with Crippen LogP contribution >= 0.6 is 11.8 Å². The van der Waals surface area contributed by atoms with E-state index in [1.807, 2.05) is 39.0 Å². The zero-order valence-electron chi connectivity index (χ0n) is 19.3. The third kappa shape index (κ3) is 5.92. The highest BCUT2D eigenvalue weighted by Crippen LogP contribution is 2.39. The maximum atomic E-state index is 12.4. The van der Waals surface area contributed by atoms with Crippen LogP contribution in [0.25, 0.3) is 5.57 Å². The van der Waals surface area contributed by atoms with Crippen molar-refractivity contribution in [2.75, 3.05) is 32.1 Å². The number of halogens is 1. The number of aromatic nitrogens is 2. The molecule has 1 atom stereocenters. The first-order valence-corrected chi connectivity index (χ1v) is 12.3. The van der Waals surface area contributed by atoms with E-state index < -0.39 is 5.41 Å². The molecule has 0 spiro atoms. The van der Waals surface area contributed by atoms with Crippen LogP contribution in [0.15, 0.2) is 41.6 Å². The molecule has 0 aliphatic carbocycles. The van der Waals surface area contributed by atoms with E-state index in [1.165, 1.54) is 0 Å². The second kappa shape index (κ2) is 10.2. The van der Waals surface area contributed by atoms with Gasteiger partial charge in [0.1, 0.15) is 11.9 Å². The lowest BCUT2D eigenvalue weighted by Gasteiger charge is -2.20. The van der Waals surface area contributed by atoms with Crippen molar-refractivity contribution in [1.29, 1.82) is 0 Å². The first-order chi connectivity index (χ1) is 15.8. The Morgan fingerprint density at radius 2 is 2.06 bits per heavy atom. The van der Waals surface area contributed by atoms with Gasteiger partial charge in [0.05, 0.1) is 12.1 Å². The number of nitrogens with zero attached hydrogens (tertiary/aromatic N) is 3. The Balaban J connectivity index is 1.42. The average molecular weight is 472 g/mol. The fourth-order valence-electron chi connectivity index (χ4n) is 3.81. The van der Waals surface area contributed by atoms with Crippen LogP contribution in [0.5, 0.6) is 11.8 Å². The lowest BCUT2D eigenvalue weighted by molar-refractivity contribution is -0.143. The highest BCUT2D eigenvalue weighted by atomic mass is 32.2. The number of ether oxygens (including phenoxy) is 2. The molecule has 1 fully saturated rings. The Labute approximate surface area is 198 Å². The van der Waals surface area contributed by atoms with Crippen LogP contribution < -0.4 is 9.47 Å². The van der Waals surface area contributed by atoms with Gasteiger partial charge in [-0.15, -0.1) is 11.8 Å². The summed E-state index contributed by atoms with van der Waals surface area (Å²) in [5.41, 5.74) is 2.49. The fourth-order valence-corrected chi connectivity index (χ4v) is 4.77. The summed E-state index contributed by atoms with van der Waals surface area (Å²) in [5.74, 6) is 1.11. The largest absolute Gasteiger partial charge is 0.459 e. The molecule has 0 amide bonds. The van der Waals surface area contributed by atoms with Gasteiger partial charge >= 0.3 is 12.0 Å². The predicted octanol–water partition coefficient (Wildman–Crippen LogP) is 4.78. The van der Waals surface area contributed by atoms with Gasteiger partial charge in [-0.3, -0.25) is 14.1 Å². The van der Waals surface area contributed by atoms with E-state index in [1.54, 1.807) is 24.2 Å². The van der Waals surface area contributed by atoms with E-state index in [0.29, 0.717) is 18.2 Å². The minimum Gasteiger partial charge on any atom is -0.459 e. The van der Waals surface area contributed by atoms with Crippen molar-refractivity contribution in [3.05, 3.63) is 47.8 Å². The van der Waals surface area contributed by atoms with Gasteiger partial charge < -0.3 is 9.47 Å². The quantitative estimate of drug-likeness (QED) is 0.425. The van der Waals surface area contributed by atoms with E-state index in [0.717, 1.165) is 53.4 Å². The Bertz CT molecular complexity index is 1020. The lowest BCUT2D eigenvalue weighted by atomic mass is 9.97. The third-order valence-corrected chi connectivity index (χ3v) is 6.62. The van der Waals surface area contributed by atoms with Crippen molar-refractivity contribution in [2.45, 2.75) is 44.6 Å². The molecule has 1 aromatic heterocycles. The highest BCUT2D eigenvalue weighted by molar-refractivity contribution is 7.99. The summed E-state index contributed by atoms with van der Waals surface area (Å²) < 4.78 is 23.9. The minimum absolute atomic E-state index is 0.0377. The van der Waals surface area contributed by atoms with Gasteiger partial charge in [0.2, 0.25) is 0 Å². The number of alkyl halides is 1. The topological polar surface area (TPSA) is 64.6 Å². The van der Waals surface area contributed by atoms with Crippen LogP contribution in [-0.4, -0.2) is 59.0 Å². The lowest BCUT2D eigenvalue weighted by Crippen LogP contribution is -2.26. The van der Waals surface area contributed by atoms with Crippen LogP contribution in [-0.2, 0) is 4.79 Å². The molecule has 6 nitrogen and oxygen atoms in total. The van der Waals surface area contributed by atoms with E-state index >= 15 is 0 Å². The summed E-state index contributed by atoms with van der Waals surface area (Å²) >= 11 is 1.70. The molecule has 2 aliphatic rings. The number of benzene rings is 1. The number of carbonyl (C=O) groups excluding carboxylic acids is 1. The number of thioether (sulfide) groups is 1. The summed E-state index contributed by atoms with van der Waals surface area (Å²) in [6, 6.07) is 6.10. The van der Waals surface area contributed by atoms with Crippen LogP contribution in [0.4, 0.5) is 4.39 Å². The number of carbonyl (C=O) groups is 1. The minimum atomic E-state index is -0.555. The maximum absolute atomic E-state index is 12.4. The molecule has 33 heavy (non-hydrogen) atoms. The Kier molecular flexibility index (Phi) is 7.34. The fraction of sp³-hybridized carbons (Fsp3) is 0.480. The van der Waals surface area contributed by atoms with Crippen molar-refractivity contribution in [3.63, 3.8) is 0 Å². The summed E-state index contributed by atoms with van der Waals surface area (Å²) in [7, 11) is 0. The number of rotatable bonds is 7. The molecule has 1 saturated heterocycles. The van der Waals surface area contributed by atoms with E-state index in [2.05, 4.69) is 20.9 Å². The van der Waals surface area contributed by atoms with Gasteiger partial charge in [0, 0.05) is 48.2 Å². The average Bonchev–Trinajstić information content (AvgIpc) is 3.24. The summed E-state index contributed by atoms with van der Waals surface area (Å²) in [4.78, 5) is 24.4. The number of esters is 1. The summed E-state index contributed by atoms with van der Waals surface area (Å²) in [6.45, 7) is 7.69. The highest BCUT2D eigenvalue weighted by Gasteiger charge is 2.26. The van der Waals surface area contributed by atoms with Crippen molar-refractivity contribution >= 4 is 23.3 Å². The third-order valence-electron chi connectivity index (χ3n) is 5.64. The molecule has 8 heteroatoms. The molecule has 1 aromatic carbocycles. The van der Waals surface area contributed by atoms with Crippen LogP contribution in [0.3, 0.4) is 0 Å². The van der Waals surface area contributed by atoms with E-state index in [-0.39, 0.29) is 18.7 Å². The van der Waals surface area contributed by atoms with Crippen LogP contribution in [0.2, 0.25) is 0 Å². The zero-order valence-corrected chi connectivity index (χ0v) is 20.2. The van der Waals surface area contributed by atoms with Gasteiger partial charge in [-0.2, -0.15) is 0 Å². The predicted molar refractivity (Wildman–Crippen MR) is 127 cm³/mol. The van der Waals surface area contributed by atoms with Crippen molar-refractivity contribution < 1.29 is 18.7 Å². The molecule has 176 valence electrons. The normalized spacial score (nSPS) is 18.5. The van der Waals surface area contributed by atoms with Crippen LogP contribution in [0.1, 0.15) is 44.7 Å². The standard InChI is InChI=1S/C25H30FN3O3S/c1-25(2,3)23(30)31-18-5-6-21-20(8-12-33-22(21)13-18)17-14-27-24(28-15-17)32-19-7-11-29(16-19)10-4-9-26/h5-6,8,13-15,19H,4,7,9-12,16H2,1-3H3. The van der Waals surface area contributed by atoms with E-state index in [9.17, 15) is 9.18 Å². The molecule has 1 unspecified atom stereocenters. The van der Waals surface area contributed by atoms with Gasteiger partial charge in [-0.05, 0) is 62.9 Å². The smallest absolute Gasteiger partial charge is 0.316 e. The molecule has 3 heterocycles. The molecule has 0 N–H and O–H groups in total. The molecule has 2 aromatic rings. The first-order valence-electron chi connectivity index (χ1n) is 11.3. The Hall–Kier alpha value is -2.45. The maximum Gasteiger partial charge on any atom is 0.316 e. The molecule has 0 saturated carbocycles. The van der Waals surface area contributed by atoms with Gasteiger partial charge in [-0.25, -0.2) is 9.97 Å². The Morgan fingerprint density at radius 1 is 1.27 bits per heavy atom. The number of hydrogen-bond donors (Lipinski definition) is 0. The molecule has 0 bridgehead atoms. The number of fused-ring (bicyclic) bond motifs is 1. The first kappa shape index (κ1) is 23.7. The van der Waals surface area contributed by atoms with Gasteiger partial charge in [0.15, 0.2) is 0 Å². The SMILES string of the molecule is CC(C)(C)C(=O)Oc1ccc2c(c1)SCC=C2c1cnc(OC2CCN(CCCF)C2)nc1. The number of likely N-dealkylation sites (tertiary alicyclic amines) is 1. The van der Waals surface area contributed by atoms with Crippen molar-refractivity contribution in [1.82, 2.24) is 14.9 Å². The second-order valence-electron chi connectivity index (χ2n) is 9.35. The van der Waals surface area contributed by atoms with Crippen LogP contribution in [0, 0.1) is 5.41 Å². The number of hydrogen-bond acceptors (Lipinski definition) is 7. The molecule has 4 rings (SSSR count). The summed E-state index contributed by atoms with van der Waals surface area (Å²) in [6.07, 6.45) is 7.24. The molecule has 2 aliphatic heterocycles. The Morgan fingerprint density at radius 3 is 2.79 bits per heavy atom. The monoisotopic (exact) mass is 471 g/mol. The second-order valence-corrected chi connectivity index (χ2v) is 10.4. The van der Waals surface area contributed by atoms with Crippen molar-refractivity contribution in [2.24, 2.45) is 5.41 Å². The molecular weight excluding hydrogens is 441 g/mol. The van der Waals surface area contributed by atoms with E-state index in [4.69, 9.17) is 9.47 Å². The van der Waals surface area contributed by atoms with Gasteiger partial charge in [0.25, 0.3) is 0 Å². The zero-order chi connectivity index (χ0) is 23.4. The molecule has 0 radical (unpaired) electrons.